The number of halogens is 2. The molecule has 168 valence electrons. The zero-order valence-corrected chi connectivity index (χ0v) is 19.0. The molecule has 0 aromatic heterocycles. The number of rotatable bonds is 6. The topological polar surface area (TPSA) is 80.5 Å². The second kappa shape index (κ2) is 9.31. The molecule has 8 heteroatoms. The normalized spacial score (nSPS) is 15.2. The molecule has 0 aliphatic carbocycles. The molecular formula is C25H20ClFN2O3S. The van der Waals surface area contributed by atoms with E-state index < -0.39 is 10.0 Å². The van der Waals surface area contributed by atoms with Crippen LogP contribution in [0.4, 0.5) is 4.39 Å². The number of amides is 1. The third kappa shape index (κ3) is 5.39. The first-order chi connectivity index (χ1) is 15.7. The number of primary sulfonamides is 1. The van der Waals surface area contributed by atoms with Gasteiger partial charge in [-0.25, -0.2) is 17.9 Å². The summed E-state index contributed by atoms with van der Waals surface area (Å²) < 4.78 is 36.2. The smallest absolute Gasteiger partial charge is 0.258 e. The van der Waals surface area contributed by atoms with Gasteiger partial charge in [-0.15, -0.1) is 0 Å². The minimum atomic E-state index is -3.76. The predicted octanol–water partition coefficient (Wildman–Crippen LogP) is 4.64. The SMILES string of the molecule is NS(=O)(=O)c1ccc(CCN2C(=O)/C(=C\c3ccc(F)cc3)C=C2c2ccc(Cl)cc2)cc1. The van der Waals surface area contributed by atoms with E-state index in [-0.39, 0.29) is 16.6 Å². The molecule has 0 fully saturated rings. The molecule has 0 unspecified atom stereocenters. The lowest BCUT2D eigenvalue weighted by Crippen LogP contribution is -2.27. The van der Waals surface area contributed by atoms with Gasteiger partial charge in [0.15, 0.2) is 0 Å². The average Bonchev–Trinajstić information content (AvgIpc) is 3.09. The van der Waals surface area contributed by atoms with Crippen molar-refractivity contribution in [2.45, 2.75) is 11.3 Å². The van der Waals surface area contributed by atoms with Crippen LogP contribution in [0.3, 0.4) is 0 Å². The van der Waals surface area contributed by atoms with E-state index in [2.05, 4.69) is 0 Å². The van der Waals surface area contributed by atoms with E-state index in [1.807, 2.05) is 12.1 Å². The third-order valence-electron chi connectivity index (χ3n) is 5.28. The van der Waals surface area contributed by atoms with Gasteiger partial charge in [-0.3, -0.25) is 4.79 Å². The van der Waals surface area contributed by atoms with Crippen molar-refractivity contribution >= 4 is 39.3 Å². The third-order valence-corrected chi connectivity index (χ3v) is 6.46. The summed E-state index contributed by atoms with van der Waals surface area (Å²) in [5, 5.41) is 5.74. The Morgan fingerprint density at radius 1 is 0.939 bits per heavy atom. The van der Waals surface area contributed by atoms with Crippen LogP contribution in [0, 0.1) is 5.82 Å². The van der Waals surface area contributed by atoms with Gasteiger partial charge in [-0.2, -0.15) is 0 Å². The highest BCUT2D eigenvalue weighted by molar-refractivity contribution is 7.89. The number of hydrogen-bond donors (Lipinski definition) is 1. The van der Waals surface area contributed by atoms with Crippen LogP contribution in [0.1, 0.15) is 16.7 Å². The monoisotopic (exact) mass is 482 g/mol. The van der Waals surface area contributed by atoms with Gasteiger partial charge in [-0.1, -0.05) is 48.0 Å². The van der Waals surface area contributed by atoms with Crippen molar-refractivity contribution < 1.29 is 17.6 Å². The molecule has 3 aromatic carbocycles. The largest absolute Gasteiger partial charge is 0.307 e. The van der Waals surface area contributed by atoms with Crippen LogP contribution in [0.2, 0.25) is 5.02 Å². The van der Waals surface area contributed by atoms with Gasteiger partial charge in [0, 0.05) is 17.1 Å². The Bertz CT molecular complexity index is 1350. The predicted molar refractivity (Wildman–Crippen MR) is 127 cm³/mol. The lowest BCUT2D eigenvalue weighted by Gasteiger charge is -2.21. The van der Waals surface area contributed by atoms with E-state index in [4.69, 9.17) is 16.7 Å². The molecule has 0 atom stereocenters. The number of nitrogens with two attached hydrogens (primary N) is 1. The summed E-state index contributed by atoms with van der Waals surface area (Å²) in [4.78, 5) is 15.0. The van der Waals surface area contributed by atoms with E-state index in [0.717, 1.165) is 16.8 Å². The fourth-order valence-electron chi connectivity index (χ4n) is 3.56. The minimum Gasteiger partial charge on any atom is -0.307 e. The minimum absolute atomic E-state index is 0.0368. The molecule has 0 spiro atoms. The van der Waals surface area contributed by atoms with Crippen LogP contribution >= 0.6 is 11.6 Å². The van der Waals surface area contributed by atoms with Gasteiger partial charge in [-0.05, 0) is 71.7 Å². The summed E-state index contributed by atoms with van der Waals surface area (Å²) in [5.74, 6) is -0.521. The molecule has 0 saturated heterocycles. The highest BCUT2D eigenvalue weighted by Crippen LogP contribution is 2.31. The molecule has 1 aliphatic rings. The summed E-state index contributed by atoms with van der Waals surface area (Å²) in [5.41, 5.74) is 3.62. The summed E-state index contributed by atoms with van der Waals surface area (Å²) in [6.07, 6.45) is 4.03. The van der Waals surface area contributed by atoms with Crippen molar-refractivity contribution in [3.8, 4) is 0 Å². The van der Waals surface area contributed by atoms with Crippen LogP contribution in [0.5, 0.6) is 0 Å². The van der Waals surface area contributed by atoms with E-state index in [1.165, 1.54) is 24.3 Å². The molecule has 4 rings (SSSR count). The van der Waals surface area contributed by atoms with Gasteiger partial charge >= 0.3 is 0 Å². The van der Waals surface area contributed by atoms with Gasteiger partial charge in [0.2, 0.25) is 10.0 Å². The Morgan fingerprint density at radius 3 is 2.18 bits per heavy atom. The lowest BCUT2D eigenvalue weighted by atomic mass is 10.1. The fraction of sp³-hybridized carbons (Fsp3) is 0.0800. The van der Waals surface area contributed by atoms with E-state index in [0.29, 0.717) is 29.1 Å². The first kappa shape index (κ1) is 22.9. The van der Waals surface area contributed by atoms with Crippen LogP contribution in [-0.2, 0) is 21.2 Å². The maximum Gasteiger partial charge on any atom is 0.258 e. The molecular weight excluding hydrogens is 463 g/mol. The van der Waals surface area contributed by atoms with Crippen molar-refractivity contribution in [3.05, 3.63) is 112 Å². The van der Waals surface area contributed by atoms with Crippen molar-refractivity contribution in [1.82, 2.24) is 4.90 Å². The molecule has 1 aliphatic heterocycles. The maximum absolute atomic E-state index is 13.2. The highest BCUT2D eigenvalue weighted by Gasteiger charge is 2.28. The summed E-state index contributed by atoms with van der Waals surface area (Å²) in [7, 11) is -3.76. The number of nitrogens with zero attached hydrogens (tertiary/aromatic N) is 1. The number of benzene rings is 3. The van der Waals surface area contributed by atoms with Crippen LogP contribution < -0.4 is 5.14 Å². The second-order valence-corrected chi connectivity index (χ2v) is 9.58. The number of hydrogen-bond acceptors (Lipinski definition) is 3. The van der Waals surface area contributed by atoms with Gasteiger partial charge in [0.25, 0.3) is 5.91 Å². The highest BCUT2D eigenvalue weighted by atomic mass is 35.5. The number of carbonyl (C=O) groups is 1. The van der Waals surface area contributed by atoms with Crippen molar-refractivity contribution in [2.24, 2.45) is 5.14 Å². The first-order valence-electron chi connectivity index (χ1n) is 10.1. The van der Waals surface area contributed by atoms with Crippen LogP contribution in [0.15, 0.2) is 89.3 Å². The van der Waals surface area contributed by atoms with E-state index >= 15 is 0 Å². The van der Waals surface area contributed by atoms with E-state index in [9.17, 15) is 17.6 Å². The van der Waals surface area contributed by atoms with Crippen molar-refractivity contribution in [3.63, 3.8) is 0 Å². The van der Waals surface area contributed by atoms with Crippen molar-refractivity contribution in [1.29, 1.82) is 0 Å². The molecule has 0 saturated carbocycles. The zero-order chi connectivity index (χ0) is 23.6. The van der Waals surface area contributed by atoms with Crippen LogP contribution in [-0.4, -0.2) is 25.8 Å². The molecule has 5 nitrogen and oxygen atoms in total. The lowest BCUT2D eigenvalue weighted by molar-refractivity contribution is -0.122. The average molecular weight is 483 g/mol. The quantitative estimate of drug-likeness (QED) is 0.520. The Hall–Kier alpha value is -3.26. The van der Waals surface area contributed by atoms with Gasteiger partial charge in [0.05, 0.1) is 10.6 Å². The molecule has 3 aromatic rings. The Morgan fingerprint density at radius 2 is 1.58 bits per heavy atom. The Kier molecular flexibility index (Phi) is 6.47. The zero-order valence-electron chi connectivity index (χ0n) is 17.4. The summed E-state index contributed by atoms with van der Waals surface area (Å²) >= 11 is 6.02. The molecule has 33 heavy (non-hydrogen) atoms. The Balaban J connectivity index is 1.62. The molecule has 0 radical (unpaired) electrons. The molecule has 1 heterocycles. The van der Waals surface area contributed by atoms with Gasteiger partial charge in [0.1, 0.15) is 5.82 Å². The maximum atomic E-state index is 13.2. The summed E-state index contributed by atoms with van der Waals surface area (Å²) in [6, 6.07) is 19.4. The van der Waals surface area contributed by atoms with Gasteiger partial charge < -0.3 is 4.90 Å². The molecule has 2 N–H and O–H groups in total. The standard InChI is InChI=1S/C25H20ClFN2O3S/c26-21-7-5-19(6-8-21)24-16-20(15-18-1-9-22(27)10-2-18)25(30)29(24)14-13-17-3-11-23(12-4-17)33(28,31)32/h1-12,15-16H,13-14H2,(H2,28,31,32)/b20-15-. The van der Waals surface area contributed by atoms with Crippen molar-refractivity contribution in [2.75, 3.05) is 6.54 Å². The Labute approximate surface area is 196 Å². The summed E-state index contributed by atoms with van der Waals surface area (Å²) in [6.45, 7) is 0.378. The molecule has 0 bridgehead atoms. The number of carbonyl (C=O) groups excluding carboxylic acids is 1. The van der Waals surface area contributed by atoms with E-state index in [1.54, 1.807) is 53.5 Å². The second-order valence-electron chi connectivity index (χ2n) is 7.58. The fourth-order valence-corrected chi connectivity index (χ4v) is 4.20. The molecule has 1 amide bonds. The van der Waals surface area contributed by atoms with Crippen LogP contribution in [0.25, 0.3) is 11.8 Å². The number of sulfonamides is 1. The first-order valence-corrected chi connectivity index (χ1v) is 12.0.